The third-order valence-electron chi connectivity index (χ3n) is 6.21. The molecule has 1 aliphatic heterocycles. The van der Waals surface area contributed by atoms with Gasteiger partial charge in [-0.25, -0.2) is 4.79 Å². The van der Waals surface area contributed by atoms with E-state index in [2.05, 4.69) is 34.1 Å². The molecule has 36 heavy (non-hydrogen) atoms. The van der Waals surface area contributed by atoms with Crippen molar-refractivity contribution in [2.75, 3.05) is 49.1 Å². The maximum absolute atomic E-state index is 12.9. The second-order valence-corrected chi connectivity index (χ2v) is 10.9. The van der Waals surface area contributed by atoms with Gasteiger partial charge in [0.1, 0.15) is 11.4 Å². The minimum atomic E-state index is -0.592. The van der Waals surface area contributed by atoms with E-state index in [0.717, 1.165) is 51.4 Å². The zero-order chi connectivity index (χ0) is 25.7. The van der Waals surface area contributed by atoms with Crippen LogP contribution in [0.3, 0.4) is 0 Å². The third kappa shape index (κ3) is 6.53. The molecule has 0 bridgehead atoms. The molecule has 0 saturated carbocycles. The molecule has 192 valence electrons. The van der Waals surface area contributed by atoms with Crippen LogP contribution < -0.4 is 15.5 Å². The summed E-state index contributed by atoms with van der Waals surface area (Å²) in [6.07, 6.45) is 1.42. The van der Waals surface area contributed by atoms with E-state index in [1.165, 1.54) is 10.1 Å². The number of piperazine rings is 1. The van der Waals surface area contributed by atoms with Gasteiger partial charge in [-0.1, -0.05) is 12.1 Å². The molecular formula is C27H35N5O3S. The van der Waals surface area contributed by atoms with Crippen molar-refractivity contribution in [2.24, 2.45) is 5.73 Å². The fraction of sp³-hybridized carbons (Fsp3) is 0.444. The number of carbonyl (C=O) groups excluding carboxylic acids is 2. The monoisotopic (exact) mass is 509 g/mol. The zero-order valence-corrected chi connectivity index (χ0v) is 22.1. The number of hydrogen-bond donors (Lipinski definition) is 1. The standard InChI is InChI=1S/C27H35N5O3S/c1-27(2,3)35-26(34)32(21-12-10-20(11-13-21)24(28)33)15-7-6-14-30-16-18-31(19-17-30)25-22-8-4-5-9-23(22)36-29-25/h4-5,8-13H,6-7,14-19H2,1-3H3,(H2,28,33). The lowest BCUT2D eigenvalue weighted by Gasteiger charge is -2.35. The number of carbonyl (C=O) groups is 2. The van der Waals surface area contributed by atoms with Gasteiger partial charge in [0.2, 0.25) is 5.91 Å². The molecule has 0 atom stereocenters. The second-order valence-electron chi connectivity index (χ2n) is 10.1. The first-order valence-corrected chi connectivity index (χ1v) is 13.2. The first kappa shape index (κ1) is 25.9. The summed E-state index contributed by atoms with van der Waals surface area (Å²) in [5.74, 6) is 0.610. The molecule has 2 amide bonds. The van der Waals surface area contributed by atoms with Crippen LogP contribution in [-0.2, 0) is 4.74 Å². The van der Waals surface area contributed by atoms with Crippen molar-refractivity contribution in [3.63, 3.8) is 0 Å². The lowest BCUT2D eigenvalue weighted by molar-refractivity contribution is 0.0579. The molecule has 2 heterocycles. The van der Waals surface area contributed by atoms with E-state index in [4.69, 9.17) is 14.8 Å². The third-order valence-corrected chi connectivity index (χ3v) is 7.03. The van der Waals surface area contributed by atoms with Gasteiger partial charge in [-0.05, 0) is 88.1 Å². The van der Waals surface area contributed by atoms with Gasteiger partial charge in [-0.15, -0.1) is 0 Å². The van der Waals surface area contributed by atoms with Crippen molar-refractivity contribution in [1.29, 1.82) is 0 Å². The Morgan fingerprint density at radius 1 is 1.03 bits per heavy atom. The molecule has 0 radical (unpaired) electrons. The van der Waals surface area contributed by atoms with E-state index in [1.807, 2.05) is 20.8 Å². The Bertz CT molecular complexity index is 1180. The van der Waals surface area contributed by atoms with Crippen LogP contribution in [0, 0.1) is 0 Å². The summed E-state index contributed by atoms with van der Waals surface area (Å²) in [5, 5.41) is 1.24. The average Bonchev–Trinajstić information content (AvgIpc) is 3.27. The predicted octanol–water partition coefficient (Wildman–Crippen LogP) is 4.74. The number of hydrogen-bond acceptors (Lipinski definition) is 7. The number of ether oxygens (including phenoxy) is 1. The lowest BCUT2D eigenvalue weighted by atomic mass is 10.1. The van der Waals surface area contributed by atoms with E-state index in [1.54, 1.807) is 40.7 Å². The van der Waals surface area contributed by atoms with Crippen molar-refractivity contribution in [2.45, 2.75) is 39.2 Å². The number of anilines is 2. The number of nitrogens with zero attached hydrogens (tertiary/aromatic N) is 4. The first-order chi connectivity index (χ1) is 17.2. The van der Waals surface area contributed by atoms with E-state index in [0.29, 0.717) is 17.8 Å². The SMILES string of the molecule is CC(C)(C)OC(=O)N(CCCCN1CCN(c2nsc3ccccc23)CC1)c1ccc(C(N)=O)cc1. The van der Waals surface area contributed by atoms with E-state index >= 15 is 0 Å². The van der Waals surface area contributed by atoms with E-state index in [9.17, 15) is 9.59 Å². The Hall–Kier alpha value is -3.17. The summed E-state index contributed by atoms with van der Waals surface area (Å²) in [6.45, 7) is 11.0. The predicted molar refractivity (Wildman–Crippen MR) is 146 cm³/mol. The van der Waals surface area contributed by atoms with Crippen molar-refractivity contribution >= 4 is 45.1 Å². The summed E-state index contributed by atoms with van der Waals surface area (Å²) in [6, 6.07) is 15.2. The largest absolute Gasteiger partial charge is 0.443 e. The van der Waals surface area contributed by atoms with Gasteiger partial charge in [-0.3, -0.25) is 14.6 Å². The van der Waals surface area contributed by atoms with E-state index in [-0.39, 0.29) is 0 Å². The average molecular weight is 510 g/mol. The van der Waals surface area contributed by atoms with Gasteiger partial charge in [0.05, 0.1) is 4.70 Å². The highest BCUT2D eigenvalue weighted by molar-refractivity contribution is 7.13. The molecule has 1 aromatic heterocycles. The lowest BCUT2D eigenvalue weighted by Crippen LogP contribution is -2.47. The maximum atomic E-state index is 12.9. The molecule has 1 saturated heterocycles. The minimum Gasteiger partial charge on any atom is -0.443 e. The number of rotatable bonds is 8. The van der Waals surface area contributed by atoms with Crippen LogP contribution in [0.1, 0.15) is 44.0 Å². The summed E-state index contributed by atoms with van der Waals surface area (Å²) < 4.78 is 11.6. The number of amides is 2. The molecule has 0 aliphatic carbocycles. The van der Waals surface area contributed by atoms with Gasteiger partial charge in [0.25, 0.3) is 0 Å². The number of aromatic nitrogens is 1. The van der Waals surface area contributed by atoms with Crippen molar-refractivity contribution in [3.05, 3.63) is 54.1 Å². The van der Waals surface area contributed by atoms with Gasteiger partial charge in [-0.2, -0.15) is 4.37 Å². The Morgan fingerprint density at radius 3 is 2.39 bits per heavy atom. The quantitative estimate of drug-likeness (QED) is 0.441. The summed E-state index contributed by atoms with van der Waals surface area (Å²) in [7, 11) is 0. The zero-order valence-electron chi connectivity index (χ0n) is 21.3. The van der Waals surface area contributed by atoms with Crippen LogP contribution in [0.2, 0.25) is 0 Å². The first-order valence-electron chi connectivity index (χ1n) is 12.4. The Labute approximate surface area is 216 Å². The molecule has 8 nitrogen and oxygen atoms in total. The molecule has 2 aromatic carbocycles. The molecule has 0 spiro atoms. The highest BCUT2D eigenvalue weighted by Crippen LogP contribution is 2.30. The Balaban J connectivity index is 1.29. The molecule has 1 fully saturated rings. The number of unbranched alkanes of at least 4 members (excludes halogenated alkanes) is 1. The number of nitrogens with two attached hydrogens (primary N) is 1. The highest BCUT2D eigenvalue weighted by Gasteiger charge is 2.24. The molecule has 3 aromatic rings. The fourth-order valence-corrected chi connectivity index (χ4v) is 5.13. The van der Waals surface area contributed by atoms with Crippen molar-refractivity contribution < 1.29 is 14.3 Å². The molecule has 0 unspecified atom stereocenters. The summed E-state index contributed by atoms with van der Waals surface area (Å²) in [4.78, 5) is 30.8. The molecular weight excluding hydrogens is 474 g/mol. The van der Waals surface area contributed by atoms with Crippen LogP contribution in [0.15, 0.2) is 48.5 Å². The summed E-state index contributed by atoms with van der Waals surface area (Å²) >= 11 is 1.56. The molecule has 2 N–H and O–H groups in total. The van der Waals surface area contributed by atoms with E-state index < -0.39 is 17.6 Å². The number of primary amides is 1. The van der Waals surface area contributed by atoms with Crippen LogP contribution in [0.4, 0.5) is 16.3 Å². The van der Waals surface area contributed by atoms with Crippen LogP contribution >= 0.6 is 11.5 Å². The summed E-state index contributed by atoms with van der Waals surface area (Å²) in [5.41, 5.74) is 5.87. The van der Waals surface area contributed by atoms with Gasteiger partial charge in [0.15, 0.2) is 0 Å². The highest BCUT2D eigenvalue weighted by atomic mass is 32.1. The maximum Gasteiger partial charge on any atom is 0.414 e. The number of fused-ring (bicyclic) bond motifs is 1. The van der Waals surface area contributed by atoms with Gasteiger partial charge < -0.3 is 15.4 Å². The van der Waals surface area contributed by atoms with Gasteiger partial charge in [0, 0.05) is 49.4 Å². The second kappa shape index (κ2) is 11.3. The Kier molecular flexibility index (Phi) is 8.11. The van der Waals surface area contributed by atoms with Crippen LogP contribution in [-0.4, -0.2) is 66.1 Å². The van der Waals surface area contributed by atoms with Crippen LogP contribution in [0.5, 0.6) is 0 Å². The minimum absolute atomic E-state index is 0.390. The molecule has 4 rings (SSSR count). The smallest absolute Gasteiger partial charge is 0.414 e. The van der Waals surface area contributed by atoms with Crippen molar-refractivity contribution in [3.8, 4) is 0 Å². The molecule has 9 heteroatoms. The topological polar surface area (TPSA) is 92.0 Å². The van der Waals surface area contributed by atoms with Gasteiger partial charge >= 0.3 is 6.09 Å². The Morgan fingerprint density at radius 2 is 1.72 bits per heavy atom. The molecule has 1 aliphatic rings. The fourth-order valence-electron chi connectivity index (χ4n) is 4.34. The normalized spacial score (nSPS) is 14.7. The number of benzene rings is 2. The van der Waals surface area contributed by atoms with Crippen LogP contribution in [0.25, 0.3) is 10.1 Å². The van der Waals surface area contributed by atoms with Crippen molar-refractivity contribution in [1.82, 2.24) is 9.27 Å².